The third-order valence-corrected chi connectivity index (χ3v) is 2.35. The van der Waals surface area contributed by atoms with Crippen LogP contribution in [0.5, 0.6) is 0 Å². The van der Waals surface area contributed by atoms with Gasteiger partial charge in [0.15, 0.2) is 0 Å². The van der Waals surface area contributed by atoms with Gasteiger partial charge in [-0.1, -0.05) is 16.4 Å². The number of amides is 1. The molecular weight excluding hydrogens is 220 g/mol. The Hall–Kier alpha value is -2.37. The summed E-state index contributed by atoms with van der Waals surface area (Å²) in [7, 11) is 0. The lowest BCUT2D eigenvalue weighted by Gasteiger charge is -2.05. The van der Waals surface area contributed by atoms with E-state index >= 15 is 0 Å². The predicted octanol–water partition coefficient (Wildman–Crippen LogP) is 1.09. The van der Waals surface area contributed by atoms with Crippen LogP contribution in [-0.4, -0.2) is 16.2 Å². The first-order valence-electron chi connectivity index (χ1n) is 5.08. The number of benzene rings is 1. The van der Waals surface area contributed by atoms with E-state index in [2.05, 4.69) is 20.3 Å². The minimum absolute atomic E-state index is 0.451. The number of nitrogens with one attached hydrogen (secondary N) is 1. The highest BCUT2D eigenvalue weighted by molar-refractivity contribution is 5.93. The topological polar surface area (TPSA) is 94.0 Å². The van der Waals surface area contributed by atoms with Crippen molar-refractivity contribution in [2.45, 2.75) is 13.5 Å². The molecule has 1 aromatic carbocycles. The van der Waals surface area contributed by atoms with E-state index in [-0.39, 0.29) is 0 Å². The molecule has 1 amide bonds. The molecule has 0 saturated heterocycles. The Morgan fingerprint density at radius 2 is 2.29 bits per heavy atom. The SMILES string of the molecule is Cc1nonc1CNc1cccc(C(N)=O)c1. The first-order valence-corrected chi connectivity index (χ1v) is 5.08. The van der Waals surface area contributed by atoms with Crippen molar-refractivity contribution in [1.82, 2.24) is 10.3 Å². The summed E-state index contributed by atoms with van der Waals surface area (Å²) in [5, 5.41) is 10.5. The van der Waals surface area contributed by atoms with Crippen LogP contribution in [0.2, 0.25) is 0 Å². The number of nitrogens with two attached hydrogens (primary N) is 1. The highest BCUT2D eigenvalue weighted by atomic mass is 16.6. The van der Waals surface area contributed by atoms with E-state index in [1.165, 1.54) is 0 Å². The molecule has 0 aliphatic heterocycles. The molecule has 17 heavy (non-hydrogen) atoms. The number of hydrogen-bond acceptors (Lipinski definition) is 5. The Morgan fingerprint density at radius 1 is 1.47 bits per heavy atom. The lowest BCUT2D eigenvalue weighted by molar-refractivity contribution is 0.100. The fourth-order valence-corrected chi connectivity index (χ4v) is 1.38. The number of primary amides is 1. The highest BCUT2D eigenvalue weighted by Gasteiger charge is 2.05. The van der Waals surface area contributed by atoms with Gasteiger partial charge in [0.25, 0.3) is 0 Å². The van der Waals surface area contributed by atoms with Gasteiger partial charge in [0.2, 0.25) is 5.91 Å². The van der Waals surface area contributed by atoms with Gasteiger partial charge in [0.1, 0.15) is 11.4 Å². The molecule has 6 heteroatoms. The number of aryl methyl sites for hydroxylation is 1. The summed E-state index contributed by atoms with van der Waals surface area (Å²) in [4.78, 5) is 11.0. The Balaban J connectivity index is 2.07. The number of nitrogens with zero attached hydrogens (tertiary/aromatic N) is 2. The Kier molecular flexibility index (Phi) is 3.04. The minimum Gasteiger partial charge on any atom is -0.379 e. The summed E-state index contributed by atoms with van der Waals surface area (Å²) in [6, 6.07) is 6.95. The fraction of sp³-hybridized carbons (Fsp3) is 0.182. The molecule has 0 bridgehead atoms. The minimum atomic E-state index is -0.451. The molecular formula is C11H12N4O2. The molecule has 0 unspecified atom stereocenters. The summed E-state index contributed by atoms with van der Waals surface area (Å²) in [6.07, 6.45) is 0. The molecule has 1 aromatic heterocycles. The second kappa shape index (κ2) is 4.65. The zero-order valence-corrected chi connectivity index (χ0v) is 9.30. The lowest BCUT2D eigenvalue weighted by atomic mass is 10.2. The number of carbonyl (C=O) groups is 1. The summed E-state index contributed by atoms with van der Waals surface area (Å²) in [5.41, 5.74) is 7.92. The van der Waals surface area contributed by atoms with Crippen molar-refractivity contribution >= 4 is 11.6 Å². The van der Waals surface area contributed by atoms with E-state index in [0.29, 0.717) is 12.1 Å². The molecule has 88 valence electrons. The van der Waals surface area contributed by atoms with Crippen LogP contribution in [0.3, 0.4) is 0 Å². The van der Waals surface area contributed by atoms with Crippen LogP contribution in [0, 0.1) is 6.92 Å². The van der Waals surface area contributed by atoms with Gasteiger partial charge in [0.05, 0.1) is 6.54 Å². The van der Waals surface area contributed by atoms with E-state index < -0.39 is 5.91 Å². The van der Waals surface area contributed by atoms with Crippen LogP contribution >= 0.6 is 0 Å². The van der Waals surface area contributed by atoms with E-state index in [1.54, 1.807) is 18.2 Å². The van der Waals surface area contributed by atoms with Crippen LogP contribution < -0.4 is 11.1 Å². The van der Waals surface area contributed by atoms with E-state index in [4.69, 9.17) is 5.73 Å². The molecule has 1 heterocycles. The molecule has 2 rings (SSSR count). The maximum absolute atomic E-state index is 11.0. The molecule has 6 nitrogen and oxygen atoms in total. The van der Waals surface area contributed by atoms with Crippen LogP contribution in [0.25, 0.3) is 0 Å². The Morgan fingerprint density at radius 3 is 2.94 bits per heavy atom. The fourth-order valence-electron chi connectivity index (χ4n) is 1.38. The van der Waals surface area contributed by atoms with Gasteiger partial charge in [-0.25, -0.2) is 4.63 Å². The summed E-state index contributed by atoms with van der Waals surface area (Å²) in [5.74, 6) is -0.451. The molecule has 0 radical (unpaired) electrons. The Bertz CT molecular complexity index is 536. The summed E-state index contributed by atoms with van der Waals surface area (Å²) < 4.78 is 4.58. The Labute approximate surface area is 97.8 Å². The van der Waals surface area contributed by atoms with Crippen molar-refractivity contribution in [2.75, 3.05) is 5.32 Å². The zero-order chi connectivity index (χ0) is 12.3. The van der Waals surface area contributed by atoms with Crippen LogP contribution in [-0.2, 0) is 6.54 Å². The van der Waals surface area contributed by atoms with Crippen molar-refractivity contribution in [3.8, 4) is 0 Å². The first kappa shape index (κ1) is 11.1. The zero-order valence-electron chi connectivity index (χ0n) is 9.30. The smallest absolute Gasteiger partial charge is 0.248 e. The van der Waals surface area contributed by atoms with Crippen LogP contribution in [0.15, 0.2) is 28.9 Å². The van der Waals surface area contributed by atoms with Gasteiger partial charge in [-0.15, -0.1) is 0 Å². The van der Waals surface area contributed by atoms with Crippen molar-refractivity contribution in [3.05, 3.63) is 41.2 Å². The van der Waals surface area contributed by atoms with Crippen molar-refractivity contribution in [1.29, 1.82) is 0 Å². The summed E-state index contributed by atoms with van der Waals surface area (Å²) in [6.45, 7) is 2.30. The first-order chi connectivity index (χ1) is 8.16. The average molecular weight is 232 g/mol. The molecule has 0 atom stereocenters. The van der Waals surface area contributed by atoms with Gasteiger partial charge in [0, 0.05) is 11.3 Å². The maximum Gasteiger partial charge on any atom is 0.248 e. The van der Waals surface area contributed by atoms with E-state index in [0.717, 1.165) is 17.1 Å². The van der Waals surface area contributed by atoms with Gasteiger partial charge in [-0.05, 0) is 25.1 Å². The highest BCUT2D eigenvalue weighted by Crippen LogP contribution is 2.12. The van der Waals surface area contributed by atoms with Gasteiger partial charge in [-0.2, -0.15) is 0 Å². The van der Waals surface area contributed by atoms with Crippen LogP contribution in [0.4, 0.5) is 5.69 Å². The second-order valence-electron chi connectivity index (χ2n) is 3.59. The van der Waals surface area contributed by atoms with Gasteiger partial charge in [-0.3, -0.25) is 4.79 Å². The molecule has 0 fully saturated rings. The number of carbonyl (C=O) groups excluding carboxylic acids is 1. The quantitative estimate of drug-likeness (QED) is 0.822. The average Bonchev–Trinajstić information content (AvgIpc) is 2.72. The monoisotopic (exact) mass is 232 g/mol. The van der Waals surface area contributed by atoms with Gasteiger partial charge < -0.3 is 11.1 Å². The lowest BCUT2D eigenvalue weighted by Crippen LogP contribution is -2.11. The van der Waals surface area contributed by atoms with Crippen molar-refractivity contribution in [2.24, 2.45) is 5.73 Å². The molecule has 0 spiro atoms. The normalized spacial score (nSPS) is 10.2. The maximum atomic E-state index is 11.0. The molecule has 0 aliphatic rings. The van der Waals surface area contributed by atoms with E-state index in [1.807, 2.05) is 13.0 Å². The largest absolute Gasteiger partial charge is 0.379 e. The van der Waals surface area contributed by atoms with Crippen molar-refractivity contribution < 1.29 is 9.42 Å². The molecule has 2 aromatic rings. The third kappa shape index (κ3) is 2.60. The molecule has 0 saturated carbocycles. The third-order valence-electron chi connectivity index (χ3n) is 2.35. The standard InChI is InChI=1S/C11H12N4O2/c1-7-10(15-17-14-7)6-13-9-4-2-3-8(5-9)11(12)16/h2-5,13H,6H2,1H3,(H2,12,16). The predicted molar refractivity (Wildman–Crippen MR) is 61.3 cm³/mol. The number of rotatable bonds is 4. The molecule has 0 aliphatic carbocycles. The van der Waals surface area contributed by atoms with Crippen molar-refractivity contribution in [3.63, 3.8) is 0 Å². The number of anilines is 1. The second-order valence-corrected chi connectivity index (χ2v) is 3.59. The number of hydrogen-bond donors (Lipinski definition) is 2. The van der Waals surface area contributed by atoms with Gasteiger partial charge >= 0.3 is 0 Å². The van der Waals surface area contributed by atoms with E-state index in [9.17, 15) is 4.79 Å². The number of aromatic nitrogens is 2. The molecule has 3 N–H and O–H groups in total. The van der Waals surface area contributed by atoms with Crippen LogP contribution in [0.1, 0.15) is 21.7 Å². The summed E-state index contributed by atoms with van der Waals surface area (Å²) >= 11 is 0.